The highest BCUT2D eigenvalue weighted by atomic mass is 16.5. The Balaban J connectivity index is 2.30. The smallest absolute Gasteiger partial charge is 0.122 e. The topological polar surface area (TPSA) is 21.3 Å². The summed E-state index contributed by atoms with van der Waals surface area (Å²) in [5.74, 6) is 1.01. The fourth-order valence-corrected chi connectivity index (χ4v) is 1.65. The molecule has 0 unspecified atom stereocenters. The molecule has 1 aromatic carbocycles. The Morgan fingerprint density at radius 3 is 2.73 bits per heavy atom. The van der Waals surface area contributed by atoms with Crippen molar-refractivity contribution in [3.8, 4) is 5.75 Å². The van der Waals surface area contributed by atoms with E-state index in [4.69, 9.17) is 4.74 Å². The van der Waals surface area contributed by atoms with Gasteiger partial charge in [0.1, 0.15) is 5.75 Å². The maximum absolute atomic E-state index is 5.31. The van der Waals surface area contributed by atoms with Gasteiger partial charge in [-0.05, 0) is 44.0 Å². The van der Waals surface area contributed by atoms with E-state index in [1.165, 1.54) is 18.4 Å². The summed E-state index contributed by atoms with van der Waals surface area (Å²) in [7, 11) is 1.73. The van der Waals surface area contributed by atoms with Crippen molar-refractivity contribution in [1.29, 1.82) is 0 Å². The molecule has 2 heteroatoms. The van der Waals surface area contributed by atoms with E-state index in [2.05, 4.69) is 24.4 Å². The van der Waals surface area contributed by atoms with Crippen molar-refractivity contribution in [2.75, 3.05) is 20.2 Å². The van der Waals surface area contributed by atoms with Crippen molar-refractivity contribution >= 4 is 0 Å². The number of benzene rings is 1. The van der Waals surface area contributed by atoms with Crippen LogP contribution in [0, 0.1) is 0 Å². The van der Waals surface area contributed by atoms with Crippen LogP contribution in [0.15, 0.2) is 24.3 Å². The minimum atomic E-state index is 1.01. The van der Waals surface area contributed by atoms with Gasteiger partial charge in [-0.2, -0.15) is 0 Å². The molecule has 0 radical (unpaired) electrons. The molecule has 0 aliphatic heterocycles. The van der Waals surface area contributed by atoms with Crippen molar-refractivity contribution in [1.82, 2.24) is 5.32 Å². The van der Waals surface area contributed by atoms with Crippen molar-refractivity contribution in [3.05, 3.63) is 29.8 Å². The van der Waals surface area contributed by atoms with E-state index >= 15 is 0 Å². The zero-order valence-electron chi connectivity index (χ0n) is 9.75. The molecule has 0 fully saturated rings. The second kappa shape index (κ2) is 7.30. The van der Waals surface area contributed by atoms with E-state index in [0.29, 0.717) is 0 Å². The molecule has 0 atom stereocenters. The second-order valence-corrected chi connectivity index (χ2v) is 3.62. The molecule has 0 heterocycles. The van der Waals surface area contributed by atoms with Gasteiger partial charge >= 0.3 is 0 Å². The summed E-state index contributed by atoms with van der Waals surface area (Å²) in [4.78, 5) is 0. The number of ether oxygens (including phenoxy) is 1. The number of nitrogens with one attached hydrogen (secondary N) is 1. The number of unbranched alkanes of at least 4 members (excludes halogenated alkanes) is 1. The van der Waals surface area contributed by atoms with Gasteiger partial charge in [0, 0.05) is 0 Å². The van der Waals surface area contributed by atoms with Gasteiger partial charge in [0.05, 0.1) is 7.11 Å². The predicted octanol–water partition coefficient (Wildman–Crippen LogP) is 2.63. The Bertz CT molecular complexity index is 273. The van der Waals surface area contributed by atoms with Crippen LogP contribution in [-0.2, 0) is 6.42 Å². The molecule has 0 aliphatic rings. The molecule has 0 bridgehead atoms. The van der Waals surface area contributed by atoms with Crippen molar-refractivity contribution < 1.29 is 4.74 Å². The van der Waals surface area contributed by atoms with Crippen LogP contribution in [0.1, 0.15) is 25.3 Å². The average molecular weight is 207 g/mol. The van der Waals surface area contributed by atoms with E-state index in [-0.39, 0.29) is 0 Å². The maximum atomic E-state index is 5.31. The highest BCUT2D eigenvalue weighted by molar-refractivity contribution is 5.33. The standard InChI is InChI=1S/C13H21NO/c1-3-14-11-7-6-9-12-8-4-5-10-13(12)15-2/h4-5,8,10,14H,3,6-7,9,11H2,1-2H3. The van der Waals surface area contributed by atoms with E-state index < -0.39 is 0 Å². The van der Waals surface area contributed by atoms with Crippen LogP contribution in [0.5, 0.6) is 5.75 Å². The molecule has 2 nitrogen and oxygen atoms in total. The number of rotatable bonds is 7. The quantitative estimate of drug-likeness (QED) is 0.694. The lowest BCUT2D eigenvalue weighted by atomic mass is 10.1. The molecule has 0 saturated heterocycles. The molecule has 0 amide bonds. The van der Waals surface area contributed by atoms with Crippen LogP contribution in [0.3, 0.4) is 0 Å². The van der Waals surface area contributed by atoms with Gasteiger partial charge in [-0.15, -0.1) is 0 Å². The lowest BCUT2D eigenvalue weighted by Gasteiger charge is -2.07. The lowest BCUT2D eigenvalue weighted by Crippen LogP contribution is -2.13. The largest absolute Gasteiger partial charge is 0.496 e. The van der Waals surface area contributed by atoms with Crippen molar-refractivity contribution in [3.63, 3.8) is 0 Å². The van der Waals surface area contributed by atoms with Gasteiger partial charge in [0.2, 0.25) is 0 Å². The molecule has 0 aromatic heterocycles. The van der Waals surface area contributed by atoms with Gasteiger partial charge in [0.15, 0.2) is 0 Å². The van der Waals surface area contributed by atoms with E-state index in [0.717, 1.165) is 25.3 Å². The van der Waals surface area contributed by atoms with Gasteiger partial charge < -0.3 is 10.1 Å². The molecule has 0 spiro atoms. The van der Waals surface area contributed by atoms with E-state index in [9.17, 15) is 0 Å². The number of methoxy groups -OCH3 is 1. The van der Waals surface area contributed by atoms with Crippen LogP contribution in [0.25, 0.3) is 0 Å². The summed E-state index contributed by atoms with van der Waals surface area (Å²) < 4.78 is 5.31. The predicted molar refractivity (Wildman–Crippen MR) is 64.5 cm³/mol. The zero-order chi connectivity index (χ0) is 10.9. The highest BCUT2D eigenvalue weighted by Crippen LogP contribution is 2.19. The van der Waals surface area contributed by atoms with Crippen molar-refractivity contribution in [2.24, 2.45) is 0 Å². The fraction of sp³-hybridized carbons (Fsp3) is 0.538. The molecule has 0 aliphatic carbocycles. The number of hydrogen-bond acceptors (Lipinski definition) is 2. The third-order valence-electron chi connectivity index (χ3n) is 2.49. The van der Waals surface area contributed by atoms with Crippen LogP contribution < -0.4 is 10.1 Å². The molecule has 1 aromatic rings. The van der Waals surface area contributed by atoms with Gasteiger partial charge in [-0.25, -0.2) is 0 Å². The average Bonchev–Trinajstić information content (AvgIpc) is 2.29. The SMILES string of the molecule is CCNCCCCc1ccccc1OC. The minimum Gasteiger partial charge on any atom is -0.496 e. The first kappa shape index (κ1) is 12.1. The van der Waals surface area contributed by atoms with E-state index in [1.54, 1.807) is 7.11 Å². The third kappa shape index (κ3) is 4.34. The zero-order valence-corrected chi connectivity index (χ0v) is 9.75. The number of aryl methyl sites for hydroxylation is 1. The molecule has 1 N–H and O–H groups in total. The van der Waals surface area contributed by atoms with E-state index in [1.807, 2.05) is 12.1 Å². The first-order valence-electron chi connectivity index (χ1n) is 5.71. The Morgan fingerprint density at radius 1 is 1.20 bits per heavy atom. The first-order valence-corrected chi connectivity index (χ1v) is 5.71. The Morgan fingerprint density at radius 2 is 2.00 bits per heavy atom. The summed E-state index contributed by atoms with van der Waals surface area (Å²) >= 11 is 0. The van der Waals surface area contributed by atoms with Gasteiger partial charge in [0.25, 0.3) is 0 Å². The van der Waals surface area contributed by atoms with Gasteiger partial charge in [-0.1, -0.05) is 25.1 Å². The Kier molecular flexibility index (Phi) is 5.86. The summed E-state index contributed by atoms with van der Waals surface area (Å²) in [5.41, 5.74) is 1.32. The number of para-hydroxylation sites is 1. The minimum absolute atomic E-state index is 1.01. The lowest BCUT2D eigenvalue weighted by molar-refractivity contribution is 0.409. The third-order valence-corrected chi connectivity index (χ3v) is 2.49. The molecule has 0 saturated carbocycles. The summed E-state index contributed by atoms with van der Waals surface area (Å²) in [5, 5.41) is 3.33. The molecule has 15 heavy (non-hydrogen) atoms. The van der Waals surface area contributed by atoms with Crippen LogP contribution >= 0.6 is 0 Å². The first-order chi connectivity index (χ1) is 7.38. The summed E-state index contributed by atoms with van der Waals surface area (Å²) in [6.07, 6.45) is 3.55. The monoisotopic (exact) mass is 207 g/mol. The molecule has 84 valence electrons. The second-order valence-electron chi connectivity index (χ2n) is 3.62. The highest BCUT2D eigenvalue weighted by Gasteiger charge is 2.00. The molecule has 1 rings (SSSR count). The van der Waals surface area contributed by atoms with Gasteiger partial charge in [-0.3, -0.25) is 0 Å². The normalized spacial score (nSPS) is 10.3. The maximum Gasteiger partial charge on any atom is 0.122 e. The Hall–Kier alpha value is -1.02. The van der Waals surface area contributed by atoms with Crippen LogP contribution in [0.2, 0.25) is 0 Å². The molecular formula is C13H21NO. The summed E-state index contributed by atoms with van der Waals surface area (Å²) in [6.45, 7) is 4.32. The molecular weight excluding hydrogens is 186 g/mol. The number of hydrogen-bond donors (Lipinski definition) is 1. The van der Waals surface area contributed by atoms with Crippen LogP contribution in [-0.4, -0.2) is 20.2 Å². The summed E-state index contributed by atoms with van der Waals surface area (Å²) in [6, 6.07) is 8.26. The van der Waals surface area contributed by atoms with Crippen LogP contribution in [0.4, 0.5) is 0 Å². The Labute approximate surface area is 92.6 Å². The fourth-order valence-electron chi connectivity index (χ4n) is 1.65. The van der Waals surface area contributed by atoms with Crippen molar-refractivity contribution in [2.45, 2.75) is 26.2 Å².